The van der Waals surface area contributed by atoms with Crippen LogP contribution in [0.5, 0.6) is 5.75 Å². The Balaban J connectivity index is 1.90. The Morgan fingerprint density at radius 2 is 1.39 bits per heavy atom. The number of nitrogens with one attached hydrogen (secondary N) is 3. The van der Waals surface area contributed by atoms with Gasteiger partial charge in [0.2, 0.25) is 11.9 Å². The molecular weight excluding hydrogens is 608 g/mol. The van der Waals surface area contributed by atoms with Crippen molar-refractivity contribution in [3.8, 4) is 5.75 Å². The molecule has 9 N–H and O–H groups in total. The number of hydrogen-bond acceptors (Lipinski definition) is 13. The second-order valence-electron chi connectivity index (χ2n) is 8.64. The van der Waals surface area contributed by atoms with E-state index in [0.29, 0.717) is 11.1 Å². The standard InChI is InChI=1S/C21H20N6O11S3/c1-8-3-12(14(4-9(8)2)40(33,34)35)23-19-25-20(27-21(29)26-19)24-13-7-11(39(30,31)32)5-10-6-15(41(36,37)38)17(22)18(28)16(10)13/h3-7,28H,22H2,1-2H3,(H,30,31,32)(H,33,34,35)(H,36,37,38)(H3,23,24,25,26,27,29). The van der Waals surface area contributed by atoms with Gasteiger partial charge in [-0.2, -0.15) is 35.2 Å². The molecule has 0 saturated heterocycles. The number of phenolic OH excluding ortho intramolecular Hbond substituents is 1. The van der Waals surface area contributed by atoms with Crippen molar-refractivity contribution in [2.24, 2.45) is 0 Å². The van der Waals surface area contributed by atoms with Crippen LogP contribution in [0.2, 0.25) is 0 Å². The number of anilines is 5. The summed E-state index contributed by atoms with van der Waals surface area (Å²) in [4.78, 5) is 19.8. The van der Waals surface area contributed by atoms with Gasteiger partial charge in [0.15, 0.2) is 0 Å². The number of aryl methyl sites for hydroxylation is 2. The van der Waals surface area contributed by atoms with Crippen LogP contribution < -0.4 is 22.1 Å². The van der Waals surface area contributed by atoms with Crippen LogP contribution in [0.25, 0.3) is 10.8 Å². The molecule has 1 aromatic heterocycles. The van der Waals surface area contributed by atoms with Gasteiger partial charge in [0, 0.05) is 5.39 Å². The van der Waals surface area contributed by atoms with E-state index in [0.717, 1.165) is 18.2 Å². The minimum absolute atomic E-state index is 0.186. The van der Waals surface area contributed by atoms with E-state index in [1.54, 1.807) is 13.8 Å². The molecule has 218 valence electrons. The zero-order chi connectivity index (χ0) is 30.7. The minimum Gasteiger partial charge on any atom is -0.505 e. The van der Waals surface area contributed by atoms with Crippen LogP contribution in [0.4, 0.5) is 29.0 Å². The van der Waals surface area contributed by atoms with Crippen molar-refractivity contribution in [1.29, 1.82) is 0 Å². The molecule has 0 aliphatic rings. The third-order valence-electron chi connectivity index (χ3n) is 5.79. The van der Waals surface area contributed by atoms with Crippen LogP contribution >= 0.6 is 0 Å². The number of phenols is 1. The van der Waals surface area contributed by atoms with Gasteiger partial charge in [-0.25, -0.2) is 4.79 Å². The Hall–Kier alpha value is -4.34. The van der Waals surface area contributed by atoms with Crippen LogP contribution in [-0.4, -0.2) is 59.0 Å². The van der Waals surface area contributed by atoms with Crippen LogP contribution in [0.15, 0.2) is 49.8 Å². The van der Waals surface area contributed by atoms with Gasteiger partial charge in [-0.15, -0.1) is 0 Å². The number of nitrogens with two attached hydrogens (primary N) is 1. The summed E-state index contributed by atoms with van der Waals surface area (Å²) < 4.78 is 99.7. The van der Waals surface area contributed by atoms with Crippen LogP contribution in [0, 0.1) is 13.8 Å². The fourth-order valence-electron chi connectivity index (χ4n) is 3.79. The number of aromatic amines is 1. The minimum atomic E-state index is -4.98. The van der Waals surface area contributed by atoms with E-state index in [4.69, 9.17) is 5.73 Å². The van der Waals surface area contributed by atoms with Gasteiger partial charge in [0.05, 0.1) is 22.0 Å². The van der Waals surface area contributed by atoms with Crippen LogP contribution in [-0.2, 0) is 30.4 Å². The third-order valence-corrected chi connectivity index (χ3v) is 8.40. The summed E-state index contributed by atoms with van der Waals surface area (Å²) in [5.74, 6) is -1.87. The highest BCUT2D eigenvalue weighted by Crippen LogP contribution is 2.42. The molecule has 0 amide bonds. The predicted octanol–water partition coefficient (Wildman–Crippen LogP) is 1.45. The van der Waals surface area contributed by atoms with Gasteiger partial charge in [-0.05, 0) is 60.7 Å². The number of nitrogen functional groups attached to an aromatic ring is 1. The number of H-pyrrole nitrogens is 1. The van der Waals surface area contributed by atoms with E-state index in [1.807, 2.05) is 0 Å². The summed E-state index contributed by atoms with van der Waals surface area (Å²) >= 11 is 0. The number of rotatable bonds is 7. The lowest BCUT2D eigenvalue weighted by Crippen LogP contribution is -2.17. The highest BCUT2D eigenvalue weighted by atomic mass is 32.2. The predicted molar refractivity (Wildman–Crippen MR) is 145 cm³/mol. The smallest absolute Gasteiger partial charge is 0.351 e. The zero-order valence-corrected chi connectivity index (χ0v) is 23.2. The second kappa shape index (κ2) is 9.94. The topological polar surface area (TPSA) is 292 Å². The average Bonchev–Trinajstić information content (AvgIpc) is 2.80. The molecule has 0 aliphatic carbocycles. The normalized spacial score (nSPS) is 12.4. The molecule has 0 atom stereocenters. The summed E-state index contributed by atoms with van der Waals surface area (Å²) in [6.45, 7) is 3.25. The Kier molecular flexibility index (Phi) is 7.18. The highest BCUT2D eigenvalue weighted by Gasteiger charge is 2.24. The summed E-state index contributed by atoms with van der Waals surface area (Å²) in [5, 5.41) is 15.0. The molecule has 1 heterocycles. The summed E-state index contributed by atoms with van der Waals surface area (Å²) in [6, 6.07) is 4.87. The van der Waals surface area contributed by atoms with Gasteiger partial charge < -0.3 is 21.5 Å². The maximum atomic E-state index is 12.3. The molecule has 41 heavy (non-hydrogen) atoms. The van der Waals surface area contributed by atoms with E-state index in [1.165, 1.54) is 12.1 Å². The Bertz CT molecular complexity index is 2150. The first-order valence-electron chi connectivity index (χ1n) is 10.9. The van der Waals surface area contributed by atoms with Crippen molar-refractivity contribution in [2.45, 2.75) is 28.5 Å². The van der Waals surface area contributed by atoms with E-state index in [2.05, 4.69) is 25.6 Å². The number of benzene rings is 3. The molecule has 0 fully saturated rings. The van der Waals surface area contributed by atoms with Crippen molar-refractivity contribution in [3.05, 3.63) is 51.9 Å². The summed E-state index contributed by atoms with van der Waals surface area (Å²) in [6.07, 6.45) is 0. The zero-order valence-electron chi connectivity index (χ0n) is 20.7. The Morgan fingerprint density at radius 3 is 1.98 bits per heavy atom. The fraction of sp³-hybridized carbons (Fsp3) is 0.0952. The van der Waals surface area contributed by atoms with E-state index in [-0.39, 0.29) is 22.1 Å². The van der Waals surface area contributed by atoms with Gasteiger partial charge in [-0.1, -0.05) is 0 Å². The van der Waals surface area contributed by atoms with E-state index in [9.17, 15) is 48.8 Å². The molecule has 4 rings (SSSR count). The van der Waals surface area contributed by atoms with Gasteiger partial charge in [-0.3, -0.25) is 18.6 Å². The first kappa shape index (κ1) is 29.6. The Morgan fingerprint density at radius 1 is 0.780 bits per heavy atom. The van der Waals surface area contributed by atoms with Gasteiger partial charge in [0.25, 0.3) is 30.4 Å². The number of hydrogen-bond donors (Lipinski definition) is 8. The molecule has 0 unspecified atom stereocenters. The molecule has 0 spiro atoms. The highest BCUT2D eigenvalue weighted by molar-refractivity contribution is 7.86. The van der Waals surface area contributed by atoms with Crippen LogP contribution in [0.1, 0.15) is 11.1 Å². The second-order valence-corrected chi connectivity index (χ2v) is 12.8. The lowest BCUT2D eigenvalue weighted by atomic mass is 10.1. The summed E-state index contributed by atoms with van der Waals surface area (Å²) in [7, 11) is -14.6. The Labute approximate surface area is 231 Å². The maximum Gasteiger partial charge on any atom is 0.351 e. The first-order chi connectivity index (χ1) is 18.8. The number of fused-ring (bicyclic) bond motifs is 1. The lowest BCUT2D eigenvalue weighted by molar-refractivity contribution is 0.473. The first-order valence-corrected chi connectivity index (χ1v) is 15.2. The van der Waals surface area contributed by atoms with Crippen molar-refractivity contribution in [1.82, 2.24) is 15.0 Å². The number of aromatic nitrogens is 3. The van der Waals surface area contributed by atoms with Crippen molar-refractivity contribution in [2.75, 3.05) is 16.4 Å². The number of aromatic hydroxyl groups is 1. The van der Waals surface area contributed by atoms with Crippen molar-refractivity contribution < 1.29 is 44.0 Å². The fourth-order valence-corrected chi connectivity index (χ4v) is 5.70. The monoisotopic (exact) mass is 628 g/mol. The largest absolute Gasteiger partial charge is 0.505 e. The molecular formula is C21H20N6O11S3. The molecule has 4 aromatic rings. The average molecular weight is 629 g/mol. The quantitative estimate of drug-likeness (QED) is 0.0815. The molecule has 17 nitrogen and oxygen atoms in total. The van der Waals surface area contributed by atoms with E-state index >= 15 is 0 Å². The number of nitrogens with zero attached hydrogens (tertiary/aromatic N) is 2. The van der Waals surface area contributed by atoms with Gasteiger partial charge in [0.1, 0.15) is 15.5 Å². The van der Waals surface area contributed by atoms with Crippen molar-refractivity contribution in [3.63, 3.8) is 0 Å². The maximum absolute atomic E-state index is 12.3. The molecule has 0 bridgehead atoms. The van der Waals surface area contributed by atoms with Gasteiger partial charge >= 0.3 is 5.69 Å². The molecule has 0 radical (unpaired) electrons. The van der Waals surface area contributed by atoms with Crippen molar-refractivity contribution >= 4 is 70.1 Å². The van der Waals surface area contributed by atoms with Crippen LogP contribution in [0.3, 0.4) is 0 Å². The van der Waals surface area contributed by atoms with E-state index < -0.39 is 74.1 Å². The summed E-state index contributed by atoms with van der Waals surface area (Å²) in [5.41, 5.74) is 4.41. The molecule has 0 saturated carbocycles. The lowest BCUT2D eigenvalue weighted by Gasteiger charge is -2.16. The third kappa shape index (κ3) is 6.06. The SMILES string of the molecule is Cc1cc(Nc2nc(Nc3cc(S(=O)(=O)O)cc4cc(S(=O)(=O)O)c(N)c(O)c34)[nH]c(=O)n2)c(S(=O)(=O)O)cc1C. The molecule has 3 aromatic carbocycles. The molecule has 0 aliphatic heterocycles. The molecule has 20 heteroatoms.